The molecule has 0 saturated carbocycles. The SMILES string of the molecule is CN(CCn1ccnc1)c1ncccc1C(N)=O. The molecule has 94 valence electrons. The molecular formula is C12H15N5O. The maximum absolute atomic E-state index is 11.3. The van der Waals surface area contributed by atoms with Crippen LogP contribution in [0.1, 0.15) is 10.4 Å². The molecule has 0 atom stereocenters. The number of anilines is 1. The van der Waals surface area contributed by atoms with Crippen molar-refractivity contribution in [2.45, 2.75) is 6.54 Å². The molecule has 0 aromatic carbocycles. The number of likely N-dealkylation sites (N-methyl/N-ethyl adjacent to an activating group) is 1. The van der Waals surface area contributed by atoms with Crippen molar-refractivity contribution in [3.8, 4) is 0 Å². The Hall–Kier alpha value is -2.37. The number of nitrogens with zero attached hydrogens (tertiary/aromatic N) is 4. The Morgan fingerprint density at radius 2 is 2.33 bits per heavy atom. The van der Waals surface area contributed by atoms with Crippen molar-refractivity contribution < 1.29 is 4.79 Å². The number of carbonyl (C=O) groups is 1. The maximum Gasteiger partial charge on any atom is 0.252 e. The van der Waals surface area contributed by atoms with E-state index in [1.54, 1.807) is 30.9 Å². The highest BCUT2D eigenvalue weighted by Gasteiger charge is 2.12. The third-order valence-corrected chi connectivity index (χ3v) is 2.67. The first kappa shape index (κ1) is 12.1. The van der Waals surface area contributed by atoms with Crippen LogP contribution in [-0.2, 0) is 6.54 Å². The largest absolute Gasteiger partial charge is 0.365 e. The van der Waals surface area contributed by atoms with Crippen molar-refractivity contribution in [3.63, 3.8) is 0 Å². The second kappa shape index (κ2) is 5.31. The van der Waals surface area contributed by atoms with Gasteiger partial charge in [-0.1, -0.05) is 0 Å². The minimum atomic E-state index is -0.465. The number of pyridine rings is 1. The molecule has 2 heterocycles. The lowest BCUT2D eigenvalue weighted by Crippen LogP contribution is -2.26. The summed E-state index contributed by atoms with van der Waals surface area (Å²) in [7, 11) is 1.88. The Kier molecular flexibility index (Phi) is 3.57. The lowest BCUT2D eigenvalue weighted by atomic mass is 10.2. The number of hydrogen-bond acceptors (Lipinski definition) is 4. The third-order valence-electron chi connectivity index (χ3n) is 2.67. The lowest BCUT2D eigenvalue weighted by molar-refractivity contribution is 0.100. The van der Waals surface area contributed by atoms with Gasteiger partial charge < -0.3 is 15.2 Å². The second-order valence-electron chi connectivity index (χ2n) is 3.96. The van der Waals surface area contributed by atoms with Crippen LogP contribution in [0.15, 0.2) is 37.1 Å². The predicted octanol–water partition coefficient (Wildman–Crippen LogP) is 0.513. The van der Waals surface area contributed by atoms with Crippen LogP contribution < -0.4 is 10.6 Å². The molecule has 0 spiro atoms. The fourth-order valence-electron chi connectivity index (χ4n) is 1.68. The summed E-state index contributed by atoms with van der Waals surface area (Å²) in [5, 5.41) is 0. The summed E-state index contributed by atoms with van der Waals surface area (Å²) in [6, 6.07) is 3.38. The Morgan fingerprint density at radius 1 is 1.50 bits per heavy atom. The molecule has 2 aromatic heterocycles. The fraction of sp³-hybridized carbons (Fsp3) is 0.250. The van der Waals surface area contributed by atoms with E-state index < -0.39 is 5.91 Å². The normalized spacial score (nSPS) is 10.3. The van der Waals surface area contributed by atoms with E-state index in [4.69, 9.17) is 5.73 Å². The zero-order valence-electron chi connectivity index (χ0n) is 10.2. The van der Waals surface area contributed by atoms with Crippen LogP contribution in [0.5, 0.6) is 0 Å². The highest BCUT2D eigenvalue weighted by Crippen LogP contribution is 2.14. The van der Waals surface area contributed by atoms with Gasteiger partial charge in [0.15, 0.2) is 0 Å². The third kappa shape index (κ3) is 2.65. The summed E-state index contributed by atoms with van der Waals surface area (Å²) in [6.45, 7) is 1.49. The second-order valence-corrected chi connectivity index (χ2v) is 3.96. The van der Waals surface area contributed by atoms with Gasteiger partial charge in [-0.2, -0.15) is 0 Å². The van der Waals surface area contributed by atoms with Crippen LogP contribution in [0.2, 0.25) is 0 Å². The van der Waals surface area contributed by atoms with E-state index in [-0.39, 0.29) is 0 Å². The first-order valence-electron chi connectivity index (χ1n) is 5.60. The van der Waals surface area contributed by atoms with Gasteiger partial charge in [-0.15, -0.1) is 0 Å². The summed E-state index contributed by atoms with van der Waals surface area (Å²) in [4.78, 5) is 21.4. The van der Waals surface area contributed by atoms with Gasteiger partial charge in [-0.25, -0.2) is 9.97 Å². The number of amides is 1. The standard InChI is InChI=1S/C12H15N5O/c1-16(7-8-17-6-5-14-9-17)12-10(11(13)18)3-2-4-15-12/h2-6,9H,7-8H2,1H3,(H2,13,18). The number of aromatic nitrogens is 3. The van der Waals surface area contributed by atoms with E-state index in [0.717, 1.165) is 6.54 Å². The molecule has 1 amide bonds. The van der Waals surface area contributed by atoms with Crippen LogP contribution in [0, 0.1) is 0 Å². The van der Waals surface area contributed by atoms with Crippen LogP contribution in [0.25, 0.3) is 0 Å². The van der Waals surface area contributed by atoms with Crippen molar-refractivity contribution in [2.24, 2.45) is 5.73 Å². The van der Waals surface area contributed by atoms with Crippen LogP contribution in [0.3, 0.4) is 0 Å². The summed E-state index contributed by atoms with van der Waals surface area (Å²) in [6.07, 6.45) is 7.02. The van der Waals surface area contributed by atoms with Crippen molar-refractivity contribution in [1.29, 1.82) is 0 Å². The van der Waals surface area contributed by atoms with E-state index >= 15 is 0 Å². The van der Waals surface area contributed by atoms with Gasteiger partial charge in [0.2, 0.25) is 0 Å². The molecular weight excluding hydrogens is 230 g/mol. The fourth-order valence-corrected chi connectivity index (χ4v) is 1.68. The topological polar surface area (TPSA) is 77.0 Å². The molecule has 0 radical (unpaired) electrons. The maximum atomic E-state index is 11.3. The summed E-state index contributed by atoms with van der Waals surface area (Å²) >= 11 is 0. The summed E-state index contributed by atoms with van der Waals surface area (Å²) in [5.41, 5.74) is 5.76. The monoisotopic (exact) mass is 245 g/mol. The molecule has 2 rings (SSSR count). The molecule has 6 nitrogen and oxygen atoms in total. The van der Waals surface area contributed by atoms with Crippen molar-refractivity contribution in [1.82, 2.24) is 14.5 Å². The average molecular weight is 245 g/mol. The minimum absolute atomic E-state index is 0.436. The molecule has 0 saturated heterocycles. The molecule has 2 aromatic rings. The quantitative estimate of drug-likeness (QED) is 0.832. The Balaban J connectivity index is 2.09. The van der Waals surface area contributed by atoms with E-state index in [9.17, 15) is 4.79 Å². The number of rotatable bonds is 5. The highest BCUT2D eigenvalue weighted by atomic mass is 16.1. The van der Waals surface area contributed by atoms with Gasteiger partial charge in [-0.3, -0.25) is 4.79 Å². The van der Waals surface area contributed by atoms with Gasteiger partial charge in [-0.05, 0) is 12.1 Å². The Labute approximate surface area is 105 Å². The number of hydrogen-bond donors (Lipinski definition) is 1. The Bertz CT molecular complexity index is 523. The first-order valence-corrected chi connectivity index (χ1v) is 5.60. The van der Waals surface area contributed by atoms with Crippen molar-refractivity contribution >= 4 is 11.7 Å². The minimum Gasteiger partial charge on any atom is -0.365 e. The number of carbonyl (C=O) groups excluding carboxylic acids is 1. The van der Waals surface area contributed by atoms with Crippen molar-refractivity contribution in [3.05, 3.63) is 42.6 Å². The van der Waals surface area contributed by atoms with Gasteiger partial charge in [0.1, 0.15) is 5.82 Å². The van der Waals surface area contributed by atoms with E-state index in [2.05, 4.69) is 9.97 Å². The average Bonchev–Trinajstić information content (AvgIpc) is 2.89. The molecule has 0 aliphatic carbocycles. The number of imidazole rings is 1. The summed E-state index contributed by atoms with van der Waals surface area (Å²) < 4.78 is 1.96. The number of primary amides is 1. The zero-order chi connectivity index (χ0) is 13.0. The smallest absolute Gasteiger partial charge is 0.252 e. The molecule has 0 unspecified atom stereocenters. The lowest BCUT2D eigenvalue weighted by Gasteiger charge is -2.20. The van der Waals surface area contributed by atoms with Crippen molar-refractivity contribution in [2.75, 3.05) is 18.5 Å². The number of nitrogens with two attached hydrogens (primary N) is 1. The van der Waals surface area contributed by atoms with Crippen LogP contribution in [-0.4, -0.2) is 34.0 Å². The van der Waals surface area contributed by atoms with Gasteiger partial charge in [0.05, 0.1) is 11.9 Å². The van der Waals surface area contributed by atoms with E-state index in [0.29, 0.717) is 17.9 Å². The van der Waals surface area contributed by atoms with E-state index in [1.807, 2.05) is 22.7 Å². The molecule has 2 N–H and O–H groups in total. The molecule has 0 aliphatic rings. The zero-order valence-corrected chi connectivity index (χ0v) is 10.2. The van der Waals surface area contributed by atoms with Crippen LogP contribution >= 0.6 is 0 Å². The van der Waals surface area contributed by atoms with Gasteiger partial charge in [0, 0.05) is 38.7 Å². The molecule has 0 bridgehead atoms. The molecule has 0 fully saturated rings. The first-order chi connectivity index (χ1) is 8.68. The van der Waals surface area contributed by atoms with Gasteiger partial charge in [0.25, 0.3) is 5.91 Å². The van der Waals surface area contributed by atoms with Crippen LogP contribution in [0.4, 0.5) is 5.82 Å². The molecule has 0 aliphatic heterocycles. The molecule has 18 heavy (non-hydrogen) atoms. The highest BCUT2D eigenvalue weighted by molar-refractivity contribution is 5.97. The summed E-state index contributed by atoms with van der Waals surface area (Å²) in [5.74, 6) is 0.137. The Morgan fingerprint density at radius 3 is 3.00 bits per heavy atom. The molecule has 6 heteroatoms. The van der Waals surface area contributed by atoms with Gasteiger partial charge >= 0.3 is 0 Å². The predicted molar refractivity (Wildman–Crippen MR) is 68.3 cm³/mol. The van der Waals surface area contributed by atoms with E-state index in [1.165, 1.54) is 0 Å².